The molecule has 1 aliphatic carbocycles. The molecular weight excluding hydrogens is 340 g/mol. The summed E-state index contributed by atoms with van der Waals surface area (Å²) in [5.41, 5.74) is 1.30. The SMILES string of the molecule is C[C@@H](NC(=O)NC1CCCCC1)C(=O)N1CCN(Cc2ccccc2)CC1. The molecule has 3 rings (SSSR count). The minimum absolute atomic E-state index is 0.00755. The number of nitrogens with one attached hydrogen (secondary N) is 2. The van der Waals surface area contributed by atoms with Crippen LogP contribution >= 0.6 is 0 Å². The zero-order valence-electron chi connectivity index (χ0n) is 16.3. The number of hydrogen-bond donors (Lipinski definition) is 2. The highest BCUT2D eigenvalue weighted by Gasteiger charge is 2.26. The lowest BCUT2D eigenvalue weighted by molar-refractivity contribution is -0.134. The van der Waals surface area contributed by atoms with Crippen LogP contribution in [-0.2, 0) is 11.3 Å². The summed E-state index contributed by atoms with van der Waals surface area (Å²) in [5, 5.41) is 5.83. The molecule has 1 aliphatic heterocycles. The Labute approximate surface area is 162 Å². The molecule has 1 saturated carbocycles. The van der Waals surface area contributed by atoms with Crippen LogP contribution in [0.2, 0.25) is 0 Å². The van der Waals surface area contributed by atoms with Crippen molar-refractivity contribution in [2.24, 2.45) is 0 Å². The Bertz CT molecular complexity index is 608. The third-order valence-corrected chi connectivity index (χ3v) is 5.59. The van der Waals surface area contributed by atoms with E-state index in [2.05, 4.69) is 39.8 Å². The van der Waals surface area contributed by atoms with Crippen LogP contribution in [0.5, 0.6) is 0 Å². The van der Waals surface area contributed by atoms with Gasteiger partial charge in [-0.1, -0.05) is 49.6 Å². The van der Waals surface area contributed by atoms with Gasteiger partial charge in [-0.25, -0.2) is 4.79 Å². The highest BCUT2D eigenvalue weighted by atomic mass is 16.2. The van der Waals surface area contributed by atoms with Crippen molar-refractivity contribution >= 4 is 11.9 Å². The minimum Gasteiger partial charge on any atom is -0.338 e. The van der Waals surface area contributed by atoms with Crippen molar-refractivity contribution in [1.29, 1.82) is 0 Å². The number of benzene rings is 1. The largest absolute Gasteiger partial charge is 0.338 e. The van der Waals surface area contributed by atoms with Gasteiger partial charge in [0.2, 0.25) is 5.91 Å². The van der Waals surface area contributed by atoms with E-state index < -0.39 is 6.04 Å². The van der Waals surface area contributed by atoms with Crippen LogP contribution in [0.25, 0.3) is 0 Å². The molecule has 3 amide bonds. The van der Waals surface area contributed by atoms with Gasteiger partial charge in [0.05, 0.1) is 0 Å². The molecule has 27 heavy (non-hydrogen) atoms. The molecule has 6 nitrogen and oxygen atoms in total. The van der Waals surface area contributed by atoms with Gasteiger partial charge in [-0.15, -0.1) is 0 Å². The van der Waals surface area contributed by atoms with Gasteiger partial charge in [-0.05, 0) is 25.3 Å². The van der Waals surface area contributed by atoms with E-state index in [-0.39, 0.29) is 18.0 Å². The van der Waals surface area contributed by atoms with Gasteiger partial charge < -0.3 is 15.5 Å². The number of rotatable bonds is 5. The Balaban J connectivity index is 1.39. The van der Waals surface area contributed by atoms with Gasteiger partial charge in [0, 0.05) is 38.8 Å². The predicted octanol–water partition coefficient (Wildman–Crippen LogP) is 2.35. The Morgan fingerprint density at radius 2 is 1.70 bits per heavy atom. The molecule has 2 fully saturated rings. The molecule has 148 valence electrons. The van der Waals surface area contributed by atoms with Crippen molar-refractivity contribution < 1.29 is 9.59 Å². The quantitative estimate of drug-likeness (QED) is 0.834. The number of carbonyl (C=O) groups is 2. The molecular formula is C21H32N4O2. The molecule has 2 aliphatic rings. The van der Waals surface area contributed by atoms with Crippen LogP contribution in [0, 0.1) is 0 Å². The van der Waals surface area contributed by atoms with Gasteiger partial charge >= 0.3 is 6.03 Å². The fourth-order valence-corrected chi connectivity index (χ4v) is 3.97. The Kier molecular flexibility index (Phi) is 7.10. The summed E-state index contributed by atoms with van der Waals surface area (Å²) in [6, 6.07) is 9.95. The van der Waals surface area contributed by atoms with Gasteiger partial charge in [-0.2, -0.15) is 0 Å². The average Bonchev–Trinajstić information content (AvgIpc) is 2.69. The summed E-state index contributed by atoms with van der Waals surface area (Å²) < 4.78 is 0. The average molecular weight is 373 g/mol. The number of hydrogen-bond acceptors (Lipinski definition) is 3. The lowest BCUT2D eigenvalue weighted by atomic mass is 9.96. The van der Waals surface area contributed by atoms with Gasteiger partial charge in [0.1, 0.15) is 6.04 Å². The second-order valence-corrected chi connectivity index (χ2v) is 7.76. The van der Waals surface area contributed by atoms with E-state index in [0.29, 0.717) is 13.1 Å². The summed E-state index contributed by atoms with van der Waals surface area (Å²) >= 11 is 0. The molecule has 1 aromatic rings. The van der Waals surface area contributed by atoms with E-state index >= 15 is 0 Å². The number of amides is 3. The molecule has 2 N–H and O–H groups in total. The monoisotopic (exact) mass is 372 g/mol. The van der Waals surface area contributed by atoms with Crippen LogP contribution in [0.4, 0.5) is 4.79 Å². The molecule has 0 spiro atoms. The highest BCUT2D eigenvalue weighted by Crippen LogP contribution is 2.17. The van der Waals surface area contributed by atoms with E-state index in [1.54, 1.807) is 6.92 Å². The molecule has 1 atom stereocenters. The Morgan fingerprint density at radius 3 is 2.37 bits per heavy atom. The van der Waals surface area contributed by atoms with E-state index in [0.717, 1.165) is 32.5 Å². The van der Waals surface area contributed by atoms with Crippen molar-refractivity contribution in [2.75, 3.05) is 26.2 Å². The summed E-state index contributed by atoms with van der Waals surface area (Å²) in [4.78, 5) is 29.1. The van der Waals surface area contributed by atoms with Crippen molar-refractivity contribution in [3.8, 4) is 0 Å². The second-order valence-electron chi connectivity index (χ2n) is 7.76. The molecule has 0 bridgehead atoms. The zero-order chi connectivity index (χ0) is 19.1. The van der Waals surface area contributed by atoms with Crippen LogP contribution in [0.1, 0.15) is 44.6 Å². The first-order valence-corrected chi connectivity index (χ1v) is 10.2. The van der Waals surface area contributed by atoms with Crippen LogP contribution in [0.15, 0.2) is 30.3 Å². The number of nitrogens with zero attached hydrogens (tertiary/aromatic N) is 2. The maximum atomic E-state index is 12.7. The summed E-state index contributed by atoms with van der Waals surface area (Å²) in [7, 11) is 0. The number of urea groups is 1. The lowest BCUT2D eigenvalue weighted by Crippen LogP contribution is -2.55. The van der Waals surface area contributed by atoms with Gasteiger partial charge in [-0.3, -0.25) is 9.69 Å². The molecule has 6 heteroatoms. The first-order chi connectivity index (χ1) is 13.1. The first kappa shape index (κ1) is 19.7. The second kappa shape index (κ2) is 9.74. The third kappa shape index (κ3) is 5.96. The predicted molar refractivity (Wildman–Crippen MR) is 106 cm³/mol. The van der Waals surface area contributed by atoms with Gasteiger partial charge in [0.25, 0.3) is 0 Å². The number of piperazine rings is 1. The smallest absolute Gasteiger partial charge is 0.315 e. The van der Waals surface area contributed by atoms with Crippen LogP contribution in [0.3, 0.4) is 0 Å². The van der Waals surface area contributed by atoms with E-state index in [4.69, 9.17) is 0 Å². The van der Waals surface area contributed by atoms with Crippen LogP contribution in [-0.4, -0.2) is 60.0 Å². The molecule has 0 aromatic heterocycles. The molecule has 1 saturated heterocycles. The highest BCUT2D eigenvalue weighted by molar-refractivity contribution is 5.86. The van der Waals surface area contributed by atoms with Crippen molar-refractivity contribution in [3.63, 3.8) is 0 Å². The van der Waals surface area contributed by atoms with Crippen LogP contribution < -0.4 is 10.6 Å². The summed E-state index contributed by atoms with van der Waals surface area (Å²) in [6.07, 6.45) is 5.68. The normalized spacial score (nSPS) is 20.1. The molecule has 0 radical (unpaired) electrons. The standard InChI is InChI=1S/C21H32N4O2/c1-17(22-21(27)23-19-10-6-3-7-11-19)20(26)25-14-12-24(13-15-25)16-18-8-4-2-5-9-18/h2,4-5,8-9,17,19H,3,6-7,10-16H2,1H3,(H2,22,23,27)/t17-/m1/s1. The van der Waals surface area contributed by atoms with E-state index in [1.807, 2.05) is 11.0 Å². The fraction of sp³-hybridized carbons (Fsp3) is 0.619. The topological polar surface area (TPSA) is 64.7 Å². The van der Waals surface area contributed by atoms with Gasteiger partial charge in [0.15, 0.2) is 0 Å². The van der Waals surface area contributed by atoms with Crippen molar-refractivity contribution in [1.82, 2.24) is 20.4 Å². The minimum atomic E-state index is -0.491. The molecule has 1 heterocycles. The third-order valence-electron chi connectivity index (χ3n) is 5.59. The maximum Gasteiger partial charge on any atom is 0.315 e. The van der Waals surface area contributed by atoms with E-state index in [1.165, 1.54) is 24.8 Å². The zero-order valence-corrected chi connectivity index (χ0v) is 16.3. The van der Waals surface area contributed by atoms with E-state index in [9.17, 15) is 9.59 Å². The summed E-state index contributed by atoms with van der Waals surface area (Å²) in [6.45, 7) is 5.84. The van der Waals surface area contributed by atoms with Crippen molar-refractivity contribution in [2.45, 2.75) is 57.7 Å². The fourth-order valence-electron chi connectivity index (χ4n) is 3.97. The molecule has 0 unspecified atom stereocenters. The Morgan fingerprint density at radius 1 is 1.04 bits per heavy atom. The Hall–Kier alpha value is -2.08. The summed E-state index contributed by atoms with van der Waals surface area (Å²) in [5.74, 6) is 0.00755. The maximum absolute atomic E-state index is 12.7. The van der Waals surface area contributed by atoms with Crippen molar-refractivity contribution in [3.05, 3.63) is 35.9 Å². The molecule has 1 aromatic carbocycles. The number of carbonyl (C=O) groups excluding carboxylic acids is 2. The first-order valence-electron chi connectivity index (χ1n) is 10.2. The lowest BCUT2D eigenvalue weighted by Gasteiger charge is -2.36.